The van der Waals surface area contributed by atoms with Crippen LogP contribution in [0.2, 0.25) is 0 Å². The van der Waals surface area contributed by atoms with Gasteiger partial charge in [-0.2, -0.15) is 0 Å². The lowest BCUT2D eigenvalue weighted by Gasteiger charge is -2.16. The van der Waals surface area contributed by atoms with Crippen LogP contribution >= 0.6 is 0 Å². The second-order valence-electron chi connectivity index (χ2n) is 2.80. The first-order valence-corrected chi connectivity index (χ1v) is 3.78. The fourth-order valence-corrected chi connectivity index (χ4v) is 1.01. The summed E-state index contributed by atoms with van der Waals surface area (Å²) in [6.07, 6.45) is 2.58. The van der Waals surface area contributed by atoms with Crippen molar-refractivity contribution in [3.8, 4) is 0 Å². The molecule has 0 saturated carbocycles. The standard InChI is InChI=1S/C9H12N2O/c1-11(2)9(7-12)8-5-3-4-6-10-8/h3-7,9H,1-2H3. The maximum absolute atomic E-state index is 10.7. The van der Waals surface area contributed by atoms with Crippen LogP contribution in [0.25, 0.3) is 0 Å². The molecule has 0 aromatic carbocycles. The molecule has 1 heterocycles. The van der Waals surface area contributed by atoms with Crippen LogP contribution in [0, 0.1) is 0 Å². The van der Waals surface area contributed by atoms with Crippen molar-refractivity contribution >= 4 is 6.29 Å². The normalized spacial score (nSPS) is 12.9. The van der Waals surface area contributed by atoms with Gasteiger partial charge in [-0.3, -0.25) is 9.88 Å². The molecule has 0 N–H and O–H groups in total. The molecule has 1 atom stereocenters. The van der Waals surface area contributed by atoms with Crippen LogP contribution in [0.5, 0.6) is 0 Å². The smallest absolute Gasteiger partial charge is 0.143 e. The Balaban J connectivity index is 2.88. The van der Waals surface area contributed by atoms with E-state index in [9.17, 15) is 4.79 Å². The molecule has 3 nitrogen and oxygen atoms in total. The van der Waals surface area contributed by atoms with Crippen LogP contribution in [0.3, 0.4) is 0 Å². The molecule has 0 spiro atoms. The molecule has 1 aromatic rings. The topological polar surface area (TPSA) is 33.2 Å². The van der Waals surface area contributed by atoms with Crippen molar-refractivity contribution in [2.24, 2.45) is 0 Å². The molecule has 0 radical (unpaired) electrons. The van der Waals surface area contributed by atoms with Crippen molar-refractivity contribution in [2.75, 3.05) is 14.1 Å². The Kier molecular flexibility index (Phi) is 2.94. The Bertz CT molecular complexity index is 246. The molecule has 0 aliphatic carbocycles. The average molecular weight is 164 g/mol. The van der Waals surface area contributed by atoms with Crippen LogP contribution in [0.15, 0.2) is 24.4 Å². The first kappa shape index (κ1) is 8.87. The SMILES string of the molecule is CN(C)C(C=O)c1ccccn1. The summed E-state index contributed by atoms with van der Waals surface area (Å²) in [4.78, 5) is 16.6. The van der Waals surface area contributed by atoms with Gasteiger partial charge < -0.3 is 4.79 Å². The number of carbonyl (C=O) groups excluding carboxylic acids is 1. The number of hydrogen-bond acceptors (Lipinski definition) is 3. The third kappa shape index (κ3) is 1.89. The van der Waals surface area contributed by atoms with Gasteiger partial charge in [0.1, 0.15) is 12.3 Å². The van der Waals surface area contributed by atoms with E-state index in [4.69, 9.17) is 0 Å². The number of pyridine rings is 1. The monoisotopic (exact) mass is 164 g/mol. The van der Waals surface area contributed by atoms with Gasteiger partial charge in [-0.15, -0.1) is 0 Å². The number of nitrogens with zero attached hydrogens (tertiary/aromatic N) is 2. The van der Waals surface area contributed by atoms with E-state index in [1.807, 2.05) is 37.2 Å². The summed E-state index contributed by atoms with van der Waals surface area (Å²) >= 11 is 0. The van der Waals surface area contributed by atoms with Gasteiger partial charge in [0.05, 0.1) is 5.69 Å². The van der Waals surface area contributed by atoms with E-state index >= 15 is 0 Å². The molecule has 0 aliphatic heterocycles. The van der Waals surface area contributed by atoms with Gasteiger partial charge in [-0.25, -0.2) is 0 Å². The Hall–Kier alpha value is -1.22. The summed E-state index contributed by atoms with van der Waals surface area (Å²) < 4.78 is 0. The third-order valence-corrected chi connectivity index (χ3v) is 1.68. The molecule has 0 saturated heterocycles. The lowest BCUT2D eigenvalue weighted by atomic mass is 10.2. The minimum absolute atomic E-state index is 0.230. The minimum atomic E-state index is -0.230. The van der Waals surface area contributed by atoms with E-state index in [2.05, 4.69) is 4.98 Å². The van der Waals surface area contributed by atoms with E-state index in [-0.39, 0.29) is 6.04 Å². The van der Waals surface area contributed by atoms with Gasteiger partial charge in [0.2, 0.25) is 0 Å². The molecule has 1 aromatic heterocycles. The molecule has 12 heavy (non-hydrogen) atoms. The van der Waals surface area contributed by atoms with Crippen LogP contribution in [-0.2, 0) is 4.79 Å². The summed E-state index contributed by atoms with van der Waals surface area (Å²) in [6.45, 7) is 0. The Labute approximate surface area is 72.0 Å². The van der Waals surface area contributed by atoms with Gasteiger partial charge in [-0.05, 0) is 26.2 Å². The zero-order valence-electron chi connectivity index (χ0n) is 7.27. The lowest BCUT2D eigenvalue weighted by molar-refractivity contribution is -0.111. The van der Waals surface area contributed by atoms with Crippen LogP contribution in [0.4, 0.5) is 0 Å². The van der Waals surface area contributed by atoms with Crippen LogP contribution in [-0.4, -0.2) is 30.3 Å². The fourth-order valence-electron chi connectivity index (χ4n) is 1.01. The Morgan fingerprint density at radius 2 is 2.25 bits per heavy atom. The van der Waals surface area contributed by atoms with Crippen molar-refractivity contribution in [1.82, 2.24) is 9.88 Å². The summed E-state index contributed by atoms with van der Waals surface area (Å²) in [5.41, 5.74) is 0.789. The Morgan fingerprint density at radius 3 is 2.67 bits per heavy atom. The Morgan fingerprint density at radius 1 is 1.50 bits per heavy atom. The van der Waals surface area contributed by atoms with Crippen LogP contribution in [0.1, 0.15) is 11.7 Å². The van der Waals surface area contributed by atoms with E-state index in [0.717, 1.165) is 12.0 Å². The maximum atomic E-state index is 10.7. The van der Waals surface area contributed by atoms with Gasteiger partial charge in [0.15, 0.2) is 0 Å². The highest BCUT2D eigenvalue weighted by Crippen LogP contribution is 2.11. The first-order chi connectivity index (χ1) is 5.75. The zero-order chi connectivity index (χ0) is 8.97. The minimum Gasteiger partial charge on any atom is -0.301 e. The number of rotatable bonds is 3. The molecular weight excluding hydrogens is 152 g/mol. The van der Waals surface area contributed by atoms with Gasteiger partial charge >= 0.3 is 0 Å². The number of hydrogen-bond donors (Lipinski definition) is 0. The highest BCUT2D eigenvalue weighted by Gasteiger charge is 2.12. The first-order valence-electron chi connectivity index (χ1n) is 3.78. The molecule has 1 unspecified atom stereocenters. The van der Waals surface area contributed by atoms with E-state index in [1.165, 1.54) is 0 Å². The number of aromatic nitrogens is 1. The highest BCUT2D eigenvalue weighted by atomic mass is 16.1. The summed E-state index contributed by atoms with van der Waals surface area (Å²) in [7, 11) is 3.71. The fraction of sp³-hybridized carbons (Fsp3) is 0.333. The molecule has 3 heteroatoms. The summed E-state index contributed by atoms with van der Waals surface area (Å²) in [5.74, 6) is 0. The second kappa shape index (κ2) is 3.97. The molecule has 1 rings (SSSR count). The largest absolute Gasteiger partial charge is 0.301 e. The predicted octanol–water partition coefficient (Wildman–Crippen LogP) is 0.883. The van der Waals surface area contributed by atoms with Crippen molar-refractivity contribution in [2.45, 2.75) is 6.04 Å². The molecule has 0 bridgehead atoms. The van der Waals surface area contributed by atoms with E-state index in [0.29, 0.717) is 0 Å². The third-order valence-electron chi connectivity index (χ3n) is 1.68. The van der Waals surface area contributed by atoms with E-state index < -0.39 is 0 Å². The quantitative estimate of drug-likeness (QED) is 0.622. The van der Waals surface area contributed by atoms with Crippen molar-refractivity contribution in [3.05, 3.63) is 30.1 Å². The molecule has 0 amide bonds. The van der Waals surface area contributed by atoms with Crippen molar-refractivity contribution in [1.29, 1.82) is 0 Å². The van der Waals surface area contributed by atoms with Gasteiger partial charge in [0.25, 0.3) is 0 Å². The average Bonchev–Trinajstić information content (AvgIpc) is 2.07. The van der Waals surface area contributed by atoms with Crippen LogP contribution < -0.4 is 0 Å². The number of likely N-dealkylation sites (N-methyl/N-ethyl adjacent to an activating group) is 1. The molecular formula is C9H12N2O. The molecule has 0 aliphatic rings. The zero-order valence-corrected chi connectivity index (χ0v) is 7.27. The number of carbonyl (C=O) groups is 1. The van der Waals surface area contributed by atoms with Crippen molar-refractivity contribution < 1.29 is 4.79 Å². The molecule has 0 fully saturated rings. The lowest BCUT2D eigenvalue weighted by Crippen LogP contribution is -2.21. The van der Waals surface area contributed by atoms with Gasteiger partial charge in [-0.1, -0.05) is 6.07 Å². The summed E-state index contributed by atoms with van der Waals surface area (Å²) in [6, 6.07) is 5.33. The van der Waals surface area contributed by atoms with Gasteiger partial charge in [0, 0.05) is 6.20 Å². The predicted molar refractivity (Wildman–Crippen MR) is 46.7 cm³/mol. The molecule has 64 valence electrons. The highest BCUT2D eigenvalue weighted by molar-refractivity contribution is 5.60. The van der Waals surface area contributed by atoms with Crippen molar-refractivity contribution in [3.63, 3.8) is 0 Å². The summed E-state index contributed by atoms with van der Waals surface area (Å²) in [5, 5.41) is 0. The van der Waals surface area contributed by atoms with E-state index in [1.54, 1.807) is 6.20 Å². The number of aldehydes is 1. The second-order valence-corrected chi connectivity index (χ2v) is 2.80. The maximum Gasteiger partial charge on any atom is 0.143 e.